The standard InChI is InChI=1S/C11H19N3S/c1-9(11-14-7-8-15-11)12-5-2-6-13-10-3-4-10/h7-10,12-13H,2-6H2,1H3. The Balaban J connectivity index is 1.53. The summed E-state index contributed by atoms with van der Waals surface area (Å²) in [7, 11) is 0. The van der Waals surface area contributed by atoms with Crippen LogP contribution in [0.15, 0.2) is 11.6 Å². The van der Waals surface area contributed by atoms with Gasteiger partial charge in [0.1, 0.15) is 5.01 Å². The van der Waals surface area contributed by atoms with Gasteiger partial charge in [0.2, 0.25) is 0 Å². The zero-order chi connectivity index (χ0) is 10.5. The fourth-order valence-electron chi connectivity index (χ4n) is 1.54. The number of nitrogens with one attached hydrogen (secondary N) is 2. The van der Waals surface area contributed by atoms with E-state index in [0.29, 0.717) is 6.04 Å². The molecule has 3 nitrogen and oxygen atoms in total. The van der Waals surface area contributed by atoms with Crippen molar-refractivity contribution in [1.29, 1.82) is 0 Å². The average molecular weight is 225 g/mol. The number of aromatic nitrogens is 1. The molecule has 15 heavy (non-hydrogen) atoms. The summed E-state index contributed by atoms with van der Waals surface area (Å²) in [6.07, 6.45) is 5.82. The lowest BCUT2D eigenvalue weighted by molar-refractivity contribution is 0.536. The van der Waals surface area contributed by atoms with Crippen molar-refractivity contribution in [1.82, 2.24) is 15.6 Å². The van der Waals surface area contributed by atoms with Gasteiger partial charge in [-0.1, -0.05) is 0 Å². The van der Waals surface area contributed by atoms with Gasteiger partial charge in [-0.3, -0.25) is 0 Å². The maximum atomic E-state index is 4.29. The molecule has 2 rings (SSSR count). The van der Waals surface area contributed by atoms with Crippen molar-refractivity contribution < 1.29 is 0 Å². The number of hydrogen-bond acceptors (Lipinski definition) is 4. The molecule has 4 heteroatoms. The van der Waals surface area contributed by atoms with Crippen molar-refractivity contribution in [3.8, 4) is 0 Å². The topological polar surface area (TPSA) is 37.0 Å². The van der Waals surface area contributed by atoms with E-state index in [4.69, 9.17) is 0 Å². The molecule has 1 unspecified atom stereocenters. The molecule has 0 aliphatic heterocycles. The Bertz CT molecular complexity index is 269. The molecule has 1 aliphatic rings. The highest BCUT2D eigenvalue weighted by Crippen LogP contribution is 2.18. The summed E-state index contributed by atoms with van der Waals surface area (Å²) in [4.78, 5) is 4.29. The van der Waals surface area contributed by atoms with Crippen LogP contribution in [0.5, 0.6) is 0 Å². The lowest BCUT2D eigenvalue weighted by atomic mass is 10.3. The molecule has 2 N–H and O–H groups in total. The van der Waals surface area contributed by atoms with Crippen LogP contribution in [0.3, 0.4) is 0 Å². The summed E-state index contributed by atoms with van der Waals surface area (Å²) in [5.74, 6) is 0. The van der Waals surface area contributed by atoms with Crippen LogP contribution in [0.25, 0.3) is 0 Å². The Morgan fingerprint density at radius 1 is 1.53 bits per heavy atom. The van der Waals surface area contributed by atoms with E-state index >= 15 is 0 Å². The van der Waals surface area contributed by atoms with E-state index in [1.165, 1.54) is 24.3 Å². The first-order valence-electron chi connectivity index (χ1n) is 5.72. The lowest BCUT2D eigenvalue weighted by Gasteiger charge is -2.10. The third kappa shape index (κ3) is 3.89. The van der Waals surface area contributed by atoms with Crippen molar-refractivity contribution in [2.45, 2.75) is 38.3 Å². The second-order valence-electron chi connectivity index (χ2n) is 4.13. The predicted octanol–water partition coefficient (Wildman–Crippen LogP) is 1.94. The van der Waals surface area contributed by atoms with Gasteiger partial charge in [0.05, 0.1) is 6.04 Å². The van der Waals surface area contributed by atoms with Gasteiger partial charge in [-0.2, -0.15) is 0 Å². The molecule has 0 aromatic carbocycles. The largest absolute Gasteiger partial charge is 0.314 e. The van der Waals surface area contributed by atoms with E-state index in [1.54, 1.807) is 11.3 Å². The van der Waals surface area contributed by atoms with Gasteiger partial charge in [0, 0.05) is 17.6 Å². The monoisotopic (exact) mass is 225 g/mol. The molecule has 1 aromatic heterocycles. The summed E-state index contributed by atoms with van der Waals surface area (Å²) < 4.78 is 0. The second-order valence-corrected chi connectivity index (χ2v) is 5.05. The van der Waals surface area contributed by atoms with Crippen LogP contribution in [-0.4, -0.2) is 24.1 Å². The first-order valence-corrected chi connectivity index (χ1v) is 6.60. The van der Waals surface area contributed by atoms with Crippen molar-refractivity contribution in [3.63, 3.8) is 0 Å². The Labute approximate surface area is 95.3 Å². The Kier molecular flexibility index (Phi) is 4.11. The predicted molar refractivity (Wildman–Crippen MR) is 64.2 cm³/mol. The minimum absolute atomic E-state index is 0.394. The minimum atomic E-state index is 0.394. The Morgan fingerprint density at radius 3 is 3.07 bits per heavy atom. The lowest BCUT2D eigenvalue weighted by Crippen LogP contribution is -2.25. The van der Waals surface area contributed by atoms with Crippen LogP contribution in [0.1, 0.15) is 37.2 Å². The molecule has 0 spiro atoms. The maximum absolute atomic E-state index is 4.29. The van der Waals surface area contributed by atoms with E-state index in [1.807, 2.05) is 11.6 Å². The first kappa shape index (κ1) is 11.0. The van der Waals surface area contributed by atoms with E-state index in [9.17, 15) is 0 Å². The normalized spacial score (nSPS) is 17.9. The third-order valence-corrected chi connectivity index (χ3v) is 3.59. The Morgan fingerprint density at radius 2 is 2.40 bits per heavy atom. The van der Waals surface area contributed by atoms with Crippen molar-refractivity contribution in [3.05, 3.63) is 16.6 Å². The number of rotatable bonds is 7. The van der Waals surface area contributed by atoms with Crippen LogP contribution >= 0.6 is 11.3 Å². The third-order valence-electron chi connectivity index (χ3n) is 2.64. The summed E-state index contributed by atoms with van der Waals surface area (Å²) in [6.45, 7) is 4.38. The van der Waals surface area contributed by atoms with Gasteiger partial charge in [-0.15, -0.1) is 11.3 Å². The van der Waals surface area contributed by atoms with Gasteiger partial charge in [0.25, 0.3) is 0 Å². The summed E-state index contributed by atoms with van der Waals surface area (Å²) in [6, 6.07) is 1.23. The SMILES string of the molecule is CC(NCCCNC1CC1)c1nccs1. The summed E-state index contributed by atoms with van der Waals surface area (Å²) in [5.41, 5.74) is 0. The van der Waals surface area contributed by atoms with Gasteiger partial charge >= 0.3 is 0 Å². The minimum Gasteiger partial charge on any atom is -0.314 e. The molecule has 1 aliphatic carbocycles. The maximum Gasteiger partial charge on any atom is 0.109 e. The number of hydrogen-bond donors (Lipinski definition) is 2. The molecule has 1 saturated carbocycles. The highest BCUT2D eigenvalue weighted by Gasteiger charge is 2.19. The highest BCUT2D eigenvalue weighted by atomic mass is 32.1. The molecule has 0 amide bonds. The van der Waals surface area contributed by atoms with Gasteiger partial charge in [0.15, 0.2) is 0 Å². The van der Waals surface area contributed by atoms with Crippen LogP contribution in [0.4, 0.5) is 0 Å². The number of nitrogens with zero attached hydrogens (tertiary/aromatic N) is 1. The fraction of sp³-hybridized carbons (Fsp3) is 0.727. The molecule has 0 radical (unpaired) electrons. The van der Waals surface area contributed by atoms with Crippen LogP contribution < -0.4 is 10.6 Å². The molecular formula is C11H19N3S. The zero-order valence-electron chi connectivity index (χ0n) is 9.20. The van der Waals surface area contributed by atoms with Gasteiger partial charge in [-0.25, -0.2) is 4.98 Å². The second kappa shape index (κ2) is 5.58. The van der Waals surface area contributed by atoms with Gasteiger partial charge in [-0.05, 0) is 39.3 Å². The van der Waals surface area contributed by atoms with Crippen LogP contribution in [0.2, 0.25) is 0 Å². The molecule has 0 bridgehead atoms. The van der Waals surface area contributed by atoms with E-state index < -0.39 is 0 Å². The van der Waals surface area contributed by atoms with Crippen molar-refractivity contribution in [2.24, 2.45) is 0 Å². The highest BCUT2D eigenvalue weighted by molar-refractivity contribution is 7.09. The zero-order valence-corrected chi connectivity index (χ0v) is 10.0. The molecule has 1 aromatic rings. The summed E-state index contributed by atoms with van der Waals surface area (Å²) >= 11 is 1.72. The molecule has 1 heterocycles. The summed E-state index contributed by atoms with van der Waals surface area (Å²) in [5, 5.41) is 10.2. The van der Waals surface area contributed by atoms with Crippen LogP contribution in [-0.2, 0) is 0 Å². The quantitative estimate of drug-likeness (QED) is 0.696. The average Bonchev–Trinajstić information content (AvgIpc) is 2.90. The smallest absolute Gasteiger partial charge is 0.109 e. The molecule has 84 valence electrons. The van der Waals surface area contributed by atoms with E-state index in [-0.39, 0.29) is 0 Å². The Hall–Kier alpha value is -0.450. The van der Waals surface area contributed by atoms with Crippen molar-refractivity contribution >= 4 is 11.3 Å². The molecule has 1 atom stereocenters. The van der Waals surface area contributed by atoms with Crippen molar-refractivity contribution in [2.75, 3.05) is 13.1 Å². The molecule has 0 saturated heterocycles. The molecular weight excluding hydrogens is 206 g/mol. The van der Waals surface area contributed by atoms with Gasteiger partial charge < -0.3 is 10.6 Å². The fourth-order valence-corrected chi connectivity index (χ4v) is 2.21. The van der Waals surface area contributed by atoms with Crippen LogP contribution in [0, 0.1) is 0 Å². The van der Waals surface area contributed by atoms with E-state index in [0.717, 1.165) is 19.1 Å². The van der Waals surface area contributed by atoms with E-state index in [2.05, 4.69) is 22.5 Å². The number of thiazole rings is 1. The molecule has 1 fully saturated rings. The first-order chi connectivity index (χ1) is 7.36.